The Labute approximate surface area is 209 Å². The third kappa shape index (κ3) is 6.15. The Hall–Kier alpha value is -3.59. The number of aromatic amines is 1. The molecule has 0 radical (unpaired) electrons. The van der Waals surface area contributed by atoms with Crippen LogP contribution in [0.5, 0.6) is 0 Å². The molecule has 1 saturated heterocycles. The molecule has 0 aliphatic carbocycles. The van der Waals surface area contributed by atoms with Crippen LogP contribution in [0.25, 0.3) is 10.9 Å². The zero-order valence-electron chi connectivity index (χ0n) is 20.7. The molecule has 2 unspecified atom stereocenters. The number of ether oxygens (including phenoxy) is 2. The van der Waals surface area contributed by atoms with Gasteiger partial charge in [-0.3, -0.25) is 0 Å². The van der Waals surface area contributed by atoms with Crippen LogP contribution in [-0.2, 0) is 16.1 Å². The van der Waals surface area contributed by atoms with E-state index in [2.05, 4.69) is 10.3 Å². The molecule has 9 heteroatoms. The molecule has 4 rings (SSSR count). The van der Waals surface area contributed by atoms with Gasteiger partial charge in [0.05, 0.1) is 12.6 Å². The number of β-amino-alcohol motifs (C(OH)–C–C–N with tert-alkyl or cyclic N) is 1. The van der Waals surface area contributed by atoms with Gasteiger partial charge < -0.3 is 29.8 Å². The van der Waals surface area contributed by atoms with Crippen molar-refractivity contribution in [3.05, 3.63) is 71.7 Å². The normalized spacial score (nSPS) is 18.8. The van der Waals surface area contributed by atoms with E-state index in [4.69, 9.17) is 9.47 Å². The number of nitrogens with one attached hydrogen (secondary N) is 2. The predicted octanol–water partition coefficient (Wildman–Crippen LogP) is 4.69. The molecule has 3 atom stereocenters. The van der Waals surface area contributed by atoms with Gasteiger partial charge >= 0.3 is 12.2 Å². The number of rotatable bonds is 6. The number of amides is 2. The minimum Gasteiger partial charge on any atom is -0.445 e. The monoisotopic (exact) mass is 497 g/mol. The van der Waals surface area contributed by atoms with Gasteiger partial charge in [-0.25, -0.2) is 14.0 Å². The van der Waals surface area contributed by atoms with Gasteiger partial charge in [0.15, 0.2) is 0 Å². The standard InChI is InChI=1S/C27H32FN3O5/c1-27(2,3)36-26(34)31-15-19(32)12-24(31)22(21-13-29-23-11-18(28)9-10-20(21)23)14-30-25(33)35-16-17-7-5-4-6-8-17/h4-11,13,19,22,24,29,32H,12,14-16H2,1-3H3,(H,30,33)/t19?,22-,24?/m0/s1. The minimum atomic E-state index is -0.738. The molecule has 1 aromatic heterocycles. The Morgan fingerprint density at radius 2 is 1.97 bits per heavy atom. The zero-order chi connectivity index (χ0) is 25.9. The van der Waals surface area contributed by atoms with Gasteiger partial charge in [-0.15, -0.1) is 0 Å². The Kier molecular flexibility index (Phi) is 7.49. The summed E-state index contributed by atoms with van der Waals surface area (Å²) in [6, 6.07) is 13.3. The van der Waals surface area contributed by atoms with Crippen LogP contribution >= 0.6 is 0 Å². The average Bonchev–Trinajstić information content (AvgIpc) is 3.41. The van der Waals surface area contributed by atoms with Crippen LogP contribution < -0.4 is 5.32 Å². The average molecular weight is 498 g/mol. The van der Waals surface area contributed by atoms with Crippen molar-refractivity contribution in [3.8, 4) is 0 Å². The molecule has 1 fully saturated rings. The van der Waals surface area contributed by atoms with Crippen molar-refractivity contribution in [3.63, 3.8) is 0 Å². The number of H-pyrrole nitrogens is 1. The maximum atomic E-state index is 13.8. The number of aliphatic hydroxyl groups excluding tert-OH is 1. The van der Waals surface area contributed by atoms with Crippen molar-refractivity contribution < 1.29 is 28.6 Å². The van der Waals surface area contributed by atoms with E-state index in [0.717, 1.165) is 16.5 Å². The molecule has 1 aliphatic heterocycles. The van der Waals surface area contributed by atoms with Gasteiger partial charge in [-0.05, 0) is 56.5 Å². The summed E-state index contributed by atoms with van der Waals surface area (Å²) in [5.41, 5.74) is 1.55. The van der Waals surface area contributed by atoms with Crippen LogP contribution in [0.2, 0.25) is 0 Å². The number of likely N-dealkylation sites (tertiary alicyclic amines) is 1. The highest BCUT2D eigenvalue weighted by Gasteiger charge is 2.42. The van der Waals surface area contributed by atoms with Crippen molar-refractivity contribution in [1.82, 2.24) is 15.2 Å². The number of alkyl carbamates (subject to hydrolysis) is 1. The highest BCUT2D eigenvalue weighted by molar-refractivity contribution is 5.84. The molecule has 0 spiro atoms. The number of aliphatic hydroxyl groups is 1. The van der Waals surface area contributed by atoms with Crippen LogP contribution in [0.4, 0.5) is 14.0 Å². The van der Waals surface area contributed by atoms with E-state index in [0.29, 0.717) is 11.9 Å². The molecule has 192 valence electrons. The second kappa shape index (κ2) is 10.6. The molecular weight excluding hydrogens is 465 g/mol. The molecule has 0 bridgehead atoms. The first-order chi connectivity index (χ1) is 17.1. The van der Waals surface area contributed by atoms with Crippen molar-refractivity contribution in [2.75, 3.05) is 13.1 Å². The molecule has 2 aromatic carbocycles. The Bertz CT molecular complexity index is 1210. The molecule has 1 aliphatic rings. The third-order valence-electron chi connectivity index (χ3n) is 6.17. The van der Waals surface area contributed by atoms with Gasteiger partial charge in [0.2, 0.25) is 0 Å². The van der Waals surface area contributed by atoms with E-state index in [1.165, 1.54) is 17.0 Å². The number of halogens is 1. The highest BCUT2D eigenvalue weighted by atomic mass is 19.1. The topological polar surface area (TPSA) is 104 Å². The number of fused-ring (bicyclic) bond motifs is 1. The summed E-state index contributed by atoms with van der Waals surface area (Å²) in [5, 5.41) is 14.1. The predicted molar refractivity (Wildman–Crippen MR) is 133 cm³/mol. The fraction of sp³-hybridized carbons (Fsp3) is 0.407. The van der Waals surface area contributed by atoms with Crippen LogP contribution in [0, 0.1) is 5.82 Å². The summed E-state index contributed by atoms with van der Waals surface area (Å²) in [4.78, 5) is 30.1. The molecule has 8 nitrogen and oxygen atoms in total. The lowest BCUT2D eigenvalue weighted by Gasteiger charge is -2.33. The number of benzene rings is 2. The summed E-state index contributed by atoms with van der Waals surface area (Å²) in [7, 11) is 0. The summed E-state index contributed by atoms with van der Waals surface area (Å²) >= 11 is 0. The molecule has 2 heterocycles. The van der Waals surface area contributed by atoms with Crippen LogP contribution in [0.15, 0.2) is 54.7 Å². The molecule has 3 N–H and O–H groups in total. The van der Waals surface area contributed by atoms with E-state index in [1.807, 2.05) is 30.3 Å². The number of aromatic nitrogens is 1. The lowest BCUT2D eigenvalue weighted by atomic mass is 9.89. The van der Waals surface area contributed by atoms with Gasteiger partial charge in [0.25, 0.3) is 0 Å². The van der Waals surface area contributed by atoms with Crippen molar-refractivity contribution in [1.29, 1.82) is 0 Å². The van der Waals surface area contributed by atoms with Gasteiger partial charge in [-0.2, -0.15) is 0 Å². The SMILES string of the molecule is CC(C)(C)OC(=O)N1CC(O)CC1[C@@H](CNC(=O)OCc1ccccc1)c1c[nH]c2cc(F)ccc12. The van der Waals surface area contributed by atoms with Gasteiger partial charge in [0, 0.05) is 35.6 Å². The largest absolute Gasteiger partial charge is 0.445 e. The maximum absolute atomic E-state index is 13.8. The number of carbonyl (C=O) groups is 2. The lowest BCUT2D eigenvalue weighted by Crippen LogP contribution is -2.45. The highest BCUT2D eigenvalue weighted by Crippen LogP contribution is 2.36. The minimum absolute atomic E-state index is 0.117. The van der Waals surface area contributed by atoms with E-state index in [1.54, 1.807) is 33.0 Å². The molecule has 3 aromatic rings. The zero-order valence-corrected chi connectivity index (χ0v) is 20.7. The Morgan fingerprint density at radius 1 is 1.22 bits per heavy atom. The number of carbonyl (C=O) groups excluding carboxylic acids is 2. The summed E-state index contributed by atoms with van der Waals surface area (Å²) in [6.07, 6.45) is 0.184. The van der Waals surface area contributed by atoms with Crippen molar-refractivity contribution in [2.45, 2.75) is 57.5 Å². The van der Waals surface area contributed by atoms with Gasteiger partial charge in [0.1, 0.15) is 18.0 Å². The fourth-order valence-corrected chi connectivity index (χ4v) is 4.60. The number of hydrogen-bond donors (Lipinski definition) is 3. The van der Waals surface area contributed by atoms with Crippen molar-refractivity contribution in [2.24, 2.45) is 0 Å². The Balaban J connectivity index is 1.57. The maximum Gasteiger partial charge on any atom is 0.410 e. The smallest absolute Gasteiger partial charge is 0.410 e. The van der Waals surface area contributed by atoms with Crippen molar-refractivity contribution >= 4 is 23.1 Å². The molecule has 0 saturated carbocycles. The fourth-order valence-electron chi connectivity index (χ4n) is 4.60. The van der Waals surface area contributed by atoms with E-state index in [-0.39, 0.29) is 25.5 Å². The first-order valence-corrected chi connectivity index (χ1v) is 12.0. The second-order valence-corrected chi connectivity index (χ2v) is 10.1. The quantitative estimate of drug-likeness (QED) is 0.459. The lowest BCUT2D eigenvalue weighted by molar-refractivity contribution is 0.0189. The summed E-state index contributed by atoms with van der Waals surface area (Å²) in [5.74, 6) is -0.792. The summed E-state index contributed by atoms with van der Waals surface area (Å²) in [6.45, 7) is 5.71. The van der Waals surface area contributed by atoms with Crippen LogP contribution in [0.1, 0.15) is 44.2 Å². The molecule has 36 heavy (non-hydrogen) atoms. The van der Waals surface area contributed by atoms with Crippen LogP contribution in [-0.4, -0.2) is 58.0 Å². The number of nitrogens with zero attached hydrogens (tertiary/aromatic N) is 1. The third-order valence-corrected chi connectivity index (χ3v) is 6.17. The van der Waals surface area contributed by atoms with Crippen LogP contribution in [0.3, 0.4) is 0 Å². The Morgan fingerprint density at radius 3 is 2.69 bits per heavy atom. The van der Waals surface area contributed by atoms with E-state index < -0.39 is 35.9 Å². The van der Waals surface area contributed by atoms with E-state index >= 15 is 0 Å². The van der Waals surface area contributed by atoms with E-state index in [9.17, 15) is 19.1 Å². The number of hydrogen-bond acceptors (Lipinski definition) is 5. The molecular formula is C27H32FN3O5. The summed E-state index contributed by atoms with van der Waals surface area (Å²) < 4.78 is 24.8. The first-order valence-electron chi connectivity index (χ1n) is 12.0. The molecule has 2 amide bonds. The first kappa shape index (κ1) is 25.5. The second-order valence-electron chi connectivity index (χ2n) is 10.1. The van der Waals surface area contributed by atoms with Gasteiger partial charge in [-0.1, -0.05) is 30.3 Å².